The van der Waals surface area contributed by atoms with Crippen LogP contribution in [0.15, 0.2) is 71.8 Å². The normalized spacial score (nSPS) is 18.4. The van der Waals surface area contributed by atoms with Gasteiger partial charge in [-0.15, -0.1) is 0 Å². The van der Waals surface area contributed by atoms with Crippen LogP contribution in [0.25, 0.3) is 0 Å². The Balaban J connectivity index is 1.34. The van der Waals surface area contributed by atoms with Crippen molar-refractivity contribution in [2.75, 3.05) is 37.6 Å². The van der Waals surface area contributed by atoms with Crippen LogP contribution < -0.4 is 4.90 Å². The van der Waals surface area contributed by atoms with E-state index in [4.69, 9.17) is 0 Å². The number of rotatable bonds is 5. The van der Waals surface area contributed by atoms with Crippen LogP contribution in [-0.2, 0) is 4.79 Å². The number of benzene rings is 3. The summed E-state index contributed by atoms with van der Waals surface area (Å²) in [6, 6.07) is 19.2. The number of para-hydroxylation sites is 1. The first-order valence-corrected chi connectivity index (χ1v) is 12.3. The maximum atomic E-state index is 14.6. The fourth-order valence-corrected chi connectivity index (χ4v) is 5.16. The van der Waals surface area contributed by atoms with Crippen LogP contribution in [-0.4, -0.2) is 54.3 Å². The smallest absolute Gasteiger partial charge is 0.257 e. The Bertz CT molecular complexity index is 1300. The summed E-state index contributed by atoms with van der Waals surface area (Å²) in [5.74, 6) is -0.690. The van der Waals surface area contributed by atoms with Gasteiger partial charge in [0.1, 0.15) is 11.6 Å². The average Bonchev–Trinajstić information content (AvgIpc) is 3.30. The summed E-state index contributed by atoms with van der Waals surface area (Å²) >= 11 is 0. The molecule has 3 aromatic rings. The molecule has 0 radical (unpaired) electrons. The second kappa shape index (κ2) is 10.2. The molecule has 0 bridgehead atoms. The van der Waals surface area contributed by atoms with Gasteiger partial charge in [-0.25, -0.2) is 13.8 Å². The van der Waals surface area contributed by atoms with Gasteiger partial charge in [-0.1, -0.05) is 54.1 Å². The van der Waals surface area contributed by atoms with E-state index in [0.29, 0.717) is 49.6 Å². The van der Waals surface area contributed by atoms with Crippen LogP contribution in [0.4, 0.5) is 14.5 Å². The van der Waals surface area contributed by atoms with Crippen molar-refractivity contribution in [1.82, 2.24) is 9.91 Å². The van der Waals surface area contributed by atoms with Gasteiger partial charge in [0.25, 0.3) is 5.91 Å². The van der Waals surface area contributed by atoms with Crippen LogP contribution in [0.5, 0.6) is 0 Å². The summed E-state index contributed by atoms with van der Waals surface area (Å²) in [6.07, 6.45) is 0.456. The van der Waals surface area contributed by atoms with Crippen molar-refractivity contribution >= 4 is 17.3 Å². The number of aryl methyl sites for hydroxylation is 2. The Hall–Kier alpha value is -3.58. The van der Waals surface area contributed by atoms with Crippen molar-refractivity contribution in [3.63, 3.8) is 0 Å². The Labute approximate surface area is 210 Å². The number of halogens is 2. The predicted molar refractivity (Wildman–Crippen MR) is 138 cm³/mol. The number of amides is 1. The van der Waals surface area contributed by atoms with Crippen molar-refractivity contribution < 1.29 is 13.6 Å². The third-order valence-electron chi connectivity index (χ3n) is 7.06. The zero-order valence-corrected chi connectivity index (χ0v) is 20.6. The van der Waals surface area contributed by atoms with E-state index >= 15 is 0 Å². The monoisotopic (exact) mass is 488 g/mol. The summed E-state index contributed by atoms with van der Waals surface area (Å²) in [7, 11) is 0. The maximum Gasteiger partial charge on any atom is 0.257 e. The van der Waals surface area contributed by atoms with Crippen molar-refractivity contribution in [3.05, 3.63) is 101 Å². The second-order valence-electron chi connectivity index (χ2n) is 9.56. The van der Waals surface area contributed by atoms with Gasteiger partial charge in [-0.05, 0) is 43.2 Å². The molecule has 0 unspecified atom stereocenters. The van der Waals surface area contributed by atoms with E-state index in [-0.39, 0.29) is 30.1 Å². The molecule has 186 valence electrons. The largest absolute Gasteiger partial charge is 0.367 e. The molecule has 5 nitrogen and oxygen atoms in total. The Morgan fingerprint density at radius 1 is 0.917 bits per heavy atom. The fourth-order valence-electron chi connectivity index (χ4n) is 5.16. The molecular weight excluding hydrogens is 458 g/mol. The lowest BCUT2D eigenvalue weighted by Gasteiger charge is -2.36. The molecule has 0 aliphatic carbocycles. The van der Waals surface area contributed by atoms with E-state index in [1.165, 1.54) is 12.1 Å². The highest BCUT2D eigenvalue weighted by Gasteiger charge is 2.35. The molecule has 1 fully saturated rings. The van der Waals surface area contributed by atoms with Gasteiger partial charge in [-0.3, -0.25) is 9.69 Å². The Morgan fingerprint density at radius 2 is 1.61 bits per heavy atom. The standard InChI is InChI=1S/C29H30F2N4O/c1-20-11-12-22(21(2)17-20)28-18-26(23-7-3-4-8-24(23)30)32-35(28)29(36)19-33-13-15-34(16-14-33)27-10-6-5-9-25(27)31/h3-12,17,28H,13-16,18-19H2,1-2H3/t28-/m0/s1. The molecule has 1 atom stereocenters. The Kier molecular flexibility index (Phi) is 6.83. The van der Waals surface area contributed by atoms with Crippen LogP contribution in [0.3, 0.4) is 0 Å². The molecule has 0 spiro atoms. The lowest BCUT2D eigenvalue weighted by Crippen LogP contribution is -2.49. The van der Waals surface area contributed by atoms with Crippen LogP contribution in [0.2, 0.25) is 0 Å². The molecule has 7 heteroatoms. The zero-order chi connectivity index (χ0) is 25.2. The van der Waals surface area contributed by atoms with Crippen molar-refractivity contribution in [2.24, 2.45) is 5.10 Å². The number of hydrazone groups is 1. The summed E-state index contributed by atoms with van der Waals surface area (Å²) in [6.45, 7) is 6.85. The number of carbonyl (C=O) groups excluding carboxylic acids is 1. The molecule has 0 saturated carbocycles. The lowest BCUT2D eigenvalue weighted by atomic mass is 9.94. The second-order valence-corrected chi connectivity index (χ2v) is 9.56. The highest BCUT2D eigenvalue weighted by atomic mass is 19.1. The topological polar surface area (TPSA) is 39.2 Å². The van der Waals surface area contributed by atoms with E-state index < -0.39 is 0 Å². The first kappa shape index (κ1) is 24.1. The number of hydrogen-bond donors (Lipinski definition) is 0. The highest BCUT2D eigenvalue weighted by Crippen LogP contribution is 2.35. The quantitative estimate of drug-likeness (QED) is 0.503. The molecule has 1 amide bonds. The molecule has 5 rings (SSSR count). The van der Waals surface area contributed by atoms with Gasteiger partial charge in [0, 0.05) is 38.2 Å². The predicted octanol–water partition coefficient (Wildman–Crippen LogP) is 5.08. The number of carbonyl (C=O) groups is 1. The summed E-state index contributed by atoms with van der Waals surface area (Å²) in [5, 5.41) is 6.20. The molecule has 2 aliphatic rings. The third-order valence-corrected chi connectivity index (χ3v) is 7.06. The molecule has 1 saturated heterocycles. The molecule has 2 heterocycles. The molecule has 36 heavy (non-hydrogen) atoms. The van der Waals surface area contributed by atoms with Gasteiger partial charge in [0.15, 0.2) is 0 Å². The first-order chi connectivity index (χ1) is 17.4. The molecule has 0 aromatic heterocycles. The lowest BCUT2D eigenvalue weighted by molar-refractivity contribution is -0.134. The van der Waals surface area contributed by atoms with Crippen molar-refractivity contribution in [3.8, 4) is 0 Å². The van der Waals surface area contributed by atoms with Crippen LogP contribution >= 0.6 is 0 Å². The highest BCUT2D eigenvalue weighted by molar-refractivity contribution is 6.03. The van der Waals surface area contributed by atoms with Gasteiger partial charge in [-0.2, -0.15) is 5.10 Å². The van der Waals surface area contributed by atoms with Crippen LogP contribution in [0, 0.1) is 25.5 Å². The minimum atomic E-state index is -0.339. The molecule has 2 aliphatic heterocycles. The molecule has 0 N–H and O–H groups in total. The number of piperazine rings is 1. The van der Waals surface area contributed by atoms with E-state index in [1.54, 1.807) is 35.3 Å². The minimum Gasteiger partial charge on any atom is -0.367 e. The maximum absolute atomic E-state index is 14.6. The first-order valence-electron chi connectivity index (χ1n) is 12.3. The van der Waals surface area contributed by atoms with Gasteiger partial charge in [0.05, 0.1) is 24.0 Å². The number of nitrogens with zero attached hydrogens (tertiary/aromatic N) is 4. The van der Waals surface area contributed by atoms with Gasteiger partial charge < -0.3 is 4.90 Å². The third kappa shape index (κ3) is 4.88. The minimum absolute atomic E-state index is 0.120. The number of hydrogen-bond acceptors (Lipinski definition) is 4. The van der Waals surface area contributed by atoms with Gasteiger partial charge in [0.2, 0.25) is 0 Å². The SMILES string of the molecule is Cc1ccc([C@@H]2CC(c3ccccc3F)=NN2C(=O)CN2CCN(c3ccccc3F)CC2)c(C)c1. The summed E-state index contributed by atoms with van der Waals surface area (Å²) in [4.78, 5) is 17.6. The van der Waals surface area contributed by atoms with Crippen molar-refractivity contribution in [2.45, 2.75) is 26.3 Å². The van der Waals surface area contributed by atoms with Crippen LogP contribution in [0.1, 0.15) is 34.7 Å². The fraction of sp³-hybridized carbons (Fsp3) is 0.310. The van der Waals surface area contributed by atoms with E-state index in [1.807, 2.05) is 36.9 Å². The molecular formula is C29H30F2N4O. The average molecular weight is 489 g/mol. The van der Waals surface area contributed by atoms with Crippen molar-refractivity contribution in [1.29, 1.82) is 0 Å². The Morgan fingerprint density at radius 3 is 2.31 bits per heavy atom. The van der Waals surface area contributed by atoms with Gasteiger partial charge >= 0.3 is 0 Å². The number of anilines is 1. The van der Waals surface area contributed by atoms with E-state index in [9.17, 15) is 13.6 Å². The van der Waals surface area contributed by atoms with E-state index in [2.05, 4.69) is 16.1 Å². The summed E-state index contributed by atoms with van der Waals surface area (Å²) in [5.41, 5.74) is 4.86. The van der Waals surface area contributed by atoms with E-state index in [0.717, 1.165) is 16.7 Å². The zero-order valence-electron chi connectivity index (χ0n) is 20.6. The molecule has 3 aromatic carbocycles. The summed E-state index contributed by atoms with van der Waals surface area (Å²) < 4.78 is 28.8.